The molecule has 0 radical (unpaired) electrons. The number of rotatable bonds is 4. The fraction of sp³-hybridized carbons (Fsp3) is 0.200. The van der Waals surface area contributed by atoms with Crippen LogP contribution in [0.25, 0.3) is 0 Å². The molecule has 2 rings (SSSR count). The molecule has 1 aromatic heterocycles. The van der Waals surface area contributed by atoms with Gasteiger partial charge in [0.15, 0.2) is 5.78 Å². The SMILES string of the molecule is CC(=O)c1cccc(NC(=O)NCc2ccc(C)o2)c1. The van der Waals surface area contributed by atoms with Gasteiger partial charge in [-0.2, -0.15) is 0 Å². The van der Waals surface area contributed by atoms with E-state index in [9.17, 15) is 9.59 Å². The summed E-state index contributed by atoms with van der Waals surface area (Å²) >= 11 is 0. The lowest BCUT2D eigenvalue weighted by atomic mass is 10.1. The number of furan rings is 1. The Balaban J connectivity index is 1.91. The molecule has 0 aliphatic rings. The zero-order valence-corrected chi connectivity index (χ0v) is 11.4. The van der Waals surface area contributed by atoms with Gasteiger partial charge in [0, 0.05) is 11.3 Å². The molecule has 1 heterocycles. The van der Waals surface area contributed by atoms with Crippen molar-refractivity contribution in [2.45, 2.75) is 20.4 Å². The average Bonchev–Trinajstić information content (AvgIpc) is 2.82. The first-order chi connectivity index (χ1) is 9.54. The van der Waals surface area contributed by atoms with Gasteiger partial charge < -0.3 is 15.1 Å². The monoisotopic (exact) mass is 272 g/mol. The summed E-state index contributed by atoms with van der Waals surface area (Å²) < 4.78 is 5.35. The van der Waals surface area contributed by atoms with E-state index < -0.39 is 0 Å². The highest BCUT2D eigenvalue weighted by Gasteiger charge is 2.05. The summed E-state index contributed by atoms with van der Waals surface area (Å²) in [6, 6.07) is 10.1. The highest BCUT2D eigenvalue weighted by Crippen LogP contribution is 2.11. The second-order valence-electron chi connectivity index (χ2n) is 4.46. The lowest BCUT2D eigenvalue weighted by Crippen LogP contribution is -2.28. The van der Waals surface area contributed by atoms with Crippen molar-refractivity contribution in [1.82, 2.24) is 5.32 Å². The van der Waals surface area contributed by atoms with Crippen LogP contribution in [0.3, 0.4) is 0 Å². The van der Waals surface area contributed by atoms with Crippen LogP contribution in [0.2, 0.25) is 0 Å². The molecule has 0 fully saturated rings. The lowest BCUT2D eigenvalue weighted by molar-refractivity contribution is 0.101. The van der Waals surface area contributed by atoms with Crippen LogP contribution in [0.4, 0.5) is 10.5 Å². The third-order valence-corrected chi connectivity index (χ3v) is 2.75. The number of urea groups is 1. The molecule has 0 unspecified atom stereocenters. The van der Waals surface area contributed by atoms with E-state index in [0.29, 0.717) is 23.6 Å². The van der Waals surface area contributed by atoms with Crippen molar-refractivity contribution >= 4 is 17.5 Å². The van der Waals surface area contributed by atoms with Gasteiger partial charge in [0.25, 0.3) is 0 Å². The number of aryl methyl sites for hydroxylation is 1. The van der Waals surface area contributed by atoms with Crippen molar-refractivity contribution in [1.29, 1.82) is 0 Å². The van der Waals surface area contributed by atoms with Gasteiger partial charge >= 0.3 is 6.03 Å². The largest absolute Gasteiger partial charge is 0.465 e. The summed E-state index contributed by atoms with van der Waals surface area (Å²) in [6.07, 6.45) is 0. The number of hydrogen-bond acceptors (Lipinski definition) is 3. The normalized spacial score (nSPS) is 10.1. The van der Waals surface area contributed by atoms with Gasteiger partial charge in [0.1, 0.15) is 11.5 Å². The number of amides is 2. The van der Waals surface area contributed by atoms with Gasteiger partial charge in [0.2, 0.25) is 0 Å². The number of benzene rings is 1. The summed E-state index contributed by atoms with van der Waals surface area (Å²) in [4.78, 5) is 23.0. The van der Waals surface area contributed by atoms with E-state index in [4.69, 9.17) is 4.42 Å². The molecule has 5 nitrogen and oxygen atoms in total. The molecule has 104 valence electrons. The molecule has 1 aromatic carbocycles. The zero-order valence-electron chi connectivity index (χ0n) is 11.4. The zero-order chi connectivity index (χ0) is 14.5. The van der Waals surface area contributed by atoms with E-state index in [0.717, 1.165) is 5.76 Å². The second kappa shape index (κ2) is 6.06. The van der Waals surface area contributed by atoms with Crippen LogP contribution in [0.5, 0.6) is 0 Å². The van der Waals surface area contributed by atoms with Gasteiger partial charge in [-0.3, -0.25) is 4.79 Å². The molecule has 0 bridgehead atoms. The third-order valence-electron chi connectivity index (χ3n) is 2.75. The molecule has 0 aliphatic carbocycles. The molecule has 0 aliphatic heterocycles. The Morgan fingerprint density at radius 1 is 1.20 bits per heavy atom. The summed E-state index contributed by atoms with van der Waals surface area (Å²) in [5, 5.41) is 5.35. The van der Waals surface area contributed by atoms with Gasteiger partial charge in [-0.1, -0.05) is 12.1 Å². The average molecular weight is 272 g/mol. The van der Waals surface area contributed by atoms with Crippen LogP contribution in [-0.2, 0) is 6.54 Å². The van der Waals surface area contributed by atoms with Crippen molar-refractivity contribution in [3.05, 3.63) is 53.5 Å². The quantitative estimate of drug-likeness (QED) is 0.840. The van der Waals surface area contributed by atoms with Crippen molar-refractivity contribution in [3.63, 3.8) is 0 Å². The van der Waals surface area contributed by atoms with Crippen molar-refractivity contribution in [3.8, 4) is 0 Å². The maximum Gasteiger partial charge on any atom is 0.319 e. The molecule has 0 saturated heterocycles. The standard InChI is InChI=1S/C15H16N2O3/c1-10-6-7-14(20-10)9-16-15(19)17-13-5-3-4-12(8-13)11(2)18/h3-8H,9H2,1-2H3,(H2,16,17,19). The van der Waals surface area contributed by atoms with Crippen LogP contribution in [0.15, 0.2) is 40.8 Å². The first kappa shape index (κ1) is 13.9. The minimum atomic E-state index is -0.347. The molecule has 2 N–H and O–H groups in total. The molecular formula is C15H16N2O3. The van der Waals surface area contributed by atoms with Crippen LogP contribution < -0.4 is 10.6 Å². The number of carbonyl (C=O) groups is 2. The Bertz CT molecular complexity index is 632. The smallest absolute Gasteiger partial charge is 0.319 e. The number of anilines is 1. The molecular weight excluding hydrogens is 256 g/mol. The maximum atomic E-state index is 11.7. The number of nitrogens with one attached hydrogen (secondary N) is 2. The number of hydrogen-bond donors (Lipinski definition) is 2. The first-order valence-corrected chi connectivity index (χ1v) is 6.26. The third kappa shape index (κ3) is 3.71. The van der Waals surface area contributed by atoms with E-state index in [1.807, 2.05) is 19.1 Å². The van der Waals surface area contributed by atoms with Crippen molar-refractivity contribution in [2.75, 3.05) is 5.32 Å². The van der Waals surface area contributed by atoms with Gasteiger partial charge in [-0.15, -0.1) is 0 Å². The van der Waals surface area contributed by atoms with E-state index in [2.05, 4.69) is 10.6 Å². The Morgan fingerprint density at radius 2 is 2.00 bits per heavy atom. The lowest BCUT2D eigenvalue weighted by Gasteiger charge is -2.07. The van der Waals surface area contributed by atoms with Gasteiger partial charge in [-0.25, -0.2) is 4.79 Å². The minimum Gasteiger partial charge on any atom is -0.465 e. The maximum absolute atomic E-state index is 11.7. The summed E-state index contributed by atoms with van der Waals surface area (Å²) in [6.45, 7) is 3.64. The van der Waals surface area contributed by atoms with E-state index in [-0.39, 0.29) is 11.8 Å². The molecule has 0 saturated carbocycles. The molecule has 0 spiro atoms. The Labute approximate surface area is 117 Å². The first-order valence-electron chi connectivity index (χ1n) is 6.26. The van der Waals surface area contributed by atoms with E-state index in [1.54, 1.807) is 24.3 Å². The Morgan fingerprint density at radius 3 is 2.65 bits per heavy atom. The number of ketones is 1. The highest BCUT2D eigenvalue weighted by molar-refractivity contribution is 5.96. The summed E-state index contributed by atoms with van der Waals surface area (Å²) in [5.41, 5.74) is 1.13. The number of carbonyl (C=O) groups excluding carboxylic acids is 2. The topological polar surface area (TPSA) is 71.3 Å². The Hall–Kier alpha value is -2.56. The summed E-state index contributed by atoms with van der Waals surface area (Å²) in [7, 11) is 0. The molecule has 2 aromatic rings. The van der Waals surface area contributed by atoms with Crippen LogP contribution in [0.1, 0.15) is 28.8 Å². The van der Waals surface area contributed by atoms with Crippen molar-refractivity contribution in [2.24, 2.45) is 0 Å². The van der Waals surface area contributed by atoms with E-state index in [1.165, 1.54) is 6.92 Å². The predicted molar refractivity (Wildman–Crippen MR) is 75.7 cm³/mol. The predicted octanol–water partition coefficient (Wildman–Crippen LogP) is 3.11. The van der Waals surface area contributed by atoms with Crippen LogP contribution in [0, 0.1) is 6.92 Å². The van der Waals surface area contributed by atoms with Gasteiger partial charge in [0.05, 0.1) is 6.54 Å². The second-order valence-corrected chi connectivity index (χ2v) is 4.46. The Kier molecular flexibility index (Phi) is 4.20. The molecule has 5 heteroatoms. The summed E-state index contributed by atoms with van der Waals surface area (Å²) in [5.74, 6) is 1.45. The molecule has 2 amide bonds. The fourth-order valence-corrected chi connectivity index (χ4v) is 1.74. The van der Waals surface area contributed by atoms with Crippen LogP contribution >= 0.6 is 0 Å². The molecule has 20 heavy (non-hydrogen) atoms. The van der Waals surface area contributed by atoms with Crippen molar-refractivity contribution < 1.29 is 14.0 Å². The number of Topliss-reactive ketones (excluding diaryl/α,β-unsaturated/α-hetero) is 1. The van der Waals surface area contributed by atoms with Gasteiger partial charge in [-0.05, 0) is 38.1 Å². The highest BCUT2D eigenvalue weighted by atomic mass is 16.3. The minimum absolute atomic E-state index is 0.0416. The molecule has 0 atom stereocenters. The fourth-order valence-electron chi connectivity index (χ4n) is 1.74. The van der Waals surface area contributed by atoms with Crippen LogP contribution in [-0.4, -0.2) is 11.8 Å². The van der Waals surface area contributed by atoms with E-state index >= 15 is 0 Å².